The molecule has 27 heavy (non-hydrogen) atoms. The van der Waals surface area contributed by atoms with Crippen LogP contribution in [0.5, 0.6) is 0 Å². The first-order valence-electron chi connectivity index (χ1n) is 8.64. The van der Waals surface area contributed by atoms with Gasteiger partial charge in [-0.05, 0) is 42.9 Å². The number of sulfone groups is 2. The highest BCUT2D eigenvalue weighted by Gasteiger charge is 2.39. The van der Waals surface area contributed by atoms with E-state index in [-0.39, 0.29) is 16.4 Å². The Kier molecular flexibility index (Phi) is 6.00. The number of amides is 1. The first kappa shape index (κ1) is 21.4. The second kappa shape index (κ2) is 7.59. The van der Waals surface area contributed by atoms with E-state index in [1.807, 2.05) is 6.92 Å². The number of guanidine groups is 1. The molecule has 0 heterocycles. The van der Waals surface area contributed by atoms with Gasteiger partial charge < -0.3 is 11.5 Å². The third kappa shape index (κ3) is 4.32. The summed E-state index contributed by atoms with van der Waals surface area (Å²) in [4.78, 5) is 15.1. The van der Waals surface area contributed by atoms with Gasteiger partial charge >= 0.3 is 0 Å². The van der Waals surface area contributed by atoms with Crippen molar-refractivity contribution in [3.05, 3.63) is 23.3 Å². The van der Waals surface area contributed by atoms with Crippen molar-refractivity contribution in [1.29, 1.82) is 0 Å². The van der Waals surface area contributed by atoms with Gasteiger partial charge in [0.2, 0.25) is 0 Å². The SMILES string of the molecule is CCc1cc(S(=O)(=O)C2CCCC2C)c(S(C)(=O)=O)cc1C(=O)N=C(N)N. The maximum Gasteiger partial charge on any atom is 0.280 e. The van der Waals surface area contributed by atoms with Crippen LogP contribution in [0.25, 0.3) is 0 Å². The third-order valence-electron chi connectivity index (χ3n) is 4.90. The van der Waals surface area contributed by atoms with E-state index >= 15 is 0 Å². The minimum absolute atomic E-state index is 0.0234. The van der Waals surface area contributed by atoms with E-state index in [0.717, 1.165) is 25.2 Å². The molecule has 2 unspecified atom stereocenters. The van der Waals surface area contributed by atoms with Crippen LogP contribution in [-0.4, -0.2) is 40.2 Å². The molecule has 150 valence electrons. The molecule has 0 aliphatic heterocycles. The third-order valence-corrected chi connectivity index (χ3v) is 8.61. The number of aliphatic imine (C=N–C) groups is 1. The zero-order valence-corrected chi connectivity index (χ0v) is 17.2. The van der Waals surface area contributed by atoms with Crippen molar-refractivity contribution in [2.75, 3.05) is 6.26 Å². The number of benzene rings is 1. The topological polar surface area (TPSA) is 150 Å². The number of carbonyl (C=O) groups is 1. The maximum absolute atomic E-state index is 13.2. The maximum atomic E-state index is 13.2. The number of aryl methyl sites for hydroxylation is 1. The molecular weight excluding hydrogens is 390 g/mol. The van der Waals surface area contributed by atoms with Gasteiger partial charge in [-0.2, -0.15) is 4.99 Å². The minimum Gasteiger partial charge on any atom is -0.370 e. The van der Waals surface area contributed by atoms with E-state index in [9.17, 15) is 21.6 Å². The molecule has 0 bridgehead atoms. The monoisotopic (exact) mass is 415 g/mol. The van der Waals surface area contributed by atoms with Gasteiger partial charge in [0.05, 0.1) is 15.0 Å². The van der Waals surface area contributed by atoms with Crippen molar-refractivity contribution in [3.63, 3.8) is 0 Å². The van der Waals surface area contributed by atoms with Crippen LogP contribution < -0.4 is 11.5 Å². The summed E-state index contributed by atoms with van der Waals surface area (Å²) in [6.07, 6.45) is 3.28. The Morgan fingerprint density at radius 3 is 2.22 bits per heavy atom. The van der Waals surface area contributed by atoms with Crippen molar-refractivity contribution in [1.82, 2.24) is 0 Å². The van der Waals surface area contributed by atoms with Crippen LogP contribution in [-0.2, 0) is 26.1 Å². The van der Waals surface area contributed by atoms with Crippen molar-refractivity contribution in [2.45, 2.75) is 54.6 Å². The van der Waals surface area contributed by atoms with E-state index in [2.05, 4.69) is 4.99 Å². The summed E-state index contributed by atoms with van der Waals surface area (Å²) in [7, 11) is -7.79. The fourth-order valence-corrected chi connectivity index (χ4v) is 7.27. The van der Waals surface area contributed by atoms with Crippen molar-refractivity contribution in [2.24, 2.45) is 22.4 Å². The predicted molar refractivity (Wildman–Crippen MR) is 103 cm³/mol. The predicted octanol–water partition coefficient (Wildman–Crippen LogP) is 1.03. The van der Waals surface area contributed by atoms with E-state index in [1.165, 1.54) is 6.07 Å². The Bertz CT molecular complexity index is 994. The molecule has 1 aromatic carbocycles. The van der Waals surface area contributed by atoms with Crippen molar-refractivity contribution < 1.29 is 21.6 Å². The number of carbonyl (C=O) groups excluding carboxylic acids is 1. The summed E-state index contributed by atoms with van der Waals surface area (Å²) < 4.78 is 51.1. The Morgan fingerprint density at radius 2 is 1.78 bits per heavy atom. The van der Waals surface area contributed by atoms with Crippen LogP contribution >= 0.6 is 0 Å². The molecule has 1 amide bonds. The van der Waals surface area contributed by atoms with E-state index in [4.69, 9.17) is 11.5 Å². The fourth-order valence-electron chi connectivity index (χ4n) is 3.52. The summed E-state index contributed by atoms with van der Waals surface area (Å²) >= 11 is 0. The summed E-state index contributed by atoms with van der Waals surface area (Å²) in [5, 5.41) is -0.637. The first-order chi connectivity index (χ1) is 12.4. The van der Waals surface area contributed by atoms with Gasteiger partial charge in [-0.25, -0.2) is 16.8 Å². The van der Waals surface area contributed by atoms with Crippen LogP contribution in [0.2, 0.25) is 0 Å². The highest BCUT2D eigenvalue weighted by Crippen LogP contribution is 2.37. The summed E-state index contributed by atoms with van der Waals surface area (Å²) in [6.45, 7) is 3.59. The van der Waals surface area contributed by atoms with Gasteiger partial charge in [0, 0.05) is 11.8 Å². The normalized spacial score (nSPS) is 20.4. The number of rotatable bonds is 5. The summed E-state index contributed by atoms with van der Waals surface area (Å²) in [5.74, 6) is -1.33. The van der Waals surface area contributed by atoms with Crippen LogP contribution in [0.1, 0.15) is 49.0 Å². The van der Waals surface area contributed by atoms with Gasteiger partial charge in [-0.15, -0.1) is 0 Å². The minimum atomic E-state index is -3.92. The van der Waals surface area contributed by atoms with Gasteiger partial charge in [-0.1, -0.05) is 20.3 Å². The average molecular weight is 416 g/mol. The van der Waals surface area contributed by atoms with E-state index in [1.54, 1.807) is 6.92 Å². The summed E-state index contributed by atoms with van der Waals surface area (Å²) in [6, 6.07) is 2.36. The molecule has 10 heteroatoms. The molecule has 0 radical (unpaired) electrons. The van der Waals surface area contributed by atoms with Crippen LogP contribution in [0.3, 0.4) is 0 Å². The van der Waals surface area contributed by atoms with Crippen molar-refractivity contribution in [3.8, 4) is 0 Å². The molecule has 1 aliphatic carbocycles. The molecule has 1 fully saturated rings. The molecule has 2 atom stereocenters. The van der Waals surface area contributed by atoms with Gasteiger partial charge in [0.1, 0.15) is 0 Å². The van der Waals surface area contributed by atoms with Crippen LogP contribution in [0.15, 0.2) is 26.9 Å². The standard InChI is InChI=1S/C17H25N3O5S2/c1-4-11-8-15(27(24,25)13-7-5-6-10(13)2)14(26(3,22)23)9-12(11)16(21)20-17(18)19/h8-10,13H,4-7H2,1-3H3,(H4,18,19,20,21). The fraction of sp³-hybridized carbons (Fsp3) is 0.529. The average Bonchev–Trinajstić information content (AvgIpc) is 2.98. The molecule has 1 aromatic rings. The lowest BCUT2D eigenvalue weighted by atomic mass is 10.0. The molecule has 2 rings (SSSR count). The van der Waals surface area contributed by atoms with Crippen LogP contribution in [0.4, 0.5) is 0 Å². The molecule has 0 saturated heterocycles. The van der Waals surface area contributed by atoms with Crippen molar-refractivity contribution >= 4 is 31.5 Å². The lowest BCUT2D eigenvalue weighted by Gasteiger charge is -2.20. The van der Waals surface area contributed by atoms with E-state index < -0.39 is 41.7 Å². The molecule has 0 spiro atoms. The van der Waals surface area contributed by atoms with Crippen LogP contribution in [0, 0.1) is 5.92 Å². The zero-order chi connectivity index (χ0) is 20.6. The lowest BCUT2D eigenvalue weighted by Crippen LogP contribution is -2.26. The van der Waals surface area contributed by atoms with Gasteiger partial charge in [0.25, 0.3) is 5.91 Å². The Labute approximate surface area is 159 Å². The van der Waals surface area contributed by atoms with Gasteiger partial charge in [0.15, 0.2) is 25.6 Å². The number of hydrogen-bond acceptors (Lipinski definition) is 5. The zero-order valence-electron chi connectivity index (χ0n) is 15.6. The molecule has 8 nitrogen and oxygen atoms in total. The first-order valence-corrected chi connectivity index (χ1v) is 12.1. The van der Waals surface area contributed by atoms with E-state index in [0.29, 0.717) is 18.4 Å². The molecule has 1 saturated carbocycles. The largest absolute Gasteiger partial charge is 0.370 e. The second-order valence-electron chi connectivity index (χ2n) is 6.92. The highest BCUT2D eigenvalue weighted by atomic mass is 32.2. The Morgan fingerprint density at radius 1 is 1.15 bits per heavy atom. The number of hydrogen-bond donors (Lipinski definition) is 2. The number of nitrogens with zero attached hydrogens (tertiary/aromatic N) is 1. The quantitative estimate of drug-likeness (QED) is 0.538. The highest BCUT2D eigenvalue weighted by molar-refractivity contribution is 7.94. The molecule has 1 aliphatic rings. The van der Waals surface area contributed by atoms with Gasteiger partial charge in [-0.3, -0.25) is 4.79 Å². The molecular formula is C17H25N3O5S2. The molecule has 4 N–H and O–H groups in total. The Balaban J connectivity index is 2.79. The second-order valence-corrected chi connectivity index (χ2v) is 11.0. The smallest absolute Gasteiger partial charge is 0.280 e. The number of nitrogens with two attached hydrogens (primary N) is 2. The lowest BCUT2D eigenvalue weighted by molar-refractivity contribution is 0.100. The Hall–Kier alpha value is -1.94. The summed E-state index contributed by atoms with van der Waals surface area (Å²) in [5.41, 5.74) is 10.8. The molecule has 0 aromatic heterocycles.